The fraction of sp³-hybridized carbons (Fsp3) is 0.857. The zero-order valence-electron chi connectivity index (χ0n) is 12.2. The molecule has 1 aliphatic carbocycles. The number of carbonyl (C=O) groups excluding carboxylic acids is 1. The minimum atomic E-state index is -0.877. The third kappa shape index (κ3) is 5.49. The summed E-state index contributed by atoms with van der Waals surface area (Å²) < 4.78 is 0. The quantitative estimate of drug-likeness (QED) is 0.806. The van der Waals surface area contributed by atoms with Gasteiger partial charge in [0, 0.05) is 18.6 Å². The molecule has 19 heavy (non-hydrogen) atoms. The molecule has 0 unspecified atom stereocenters. The van der Waals surface area contributed by atoms with E-state index in [-0.39, 0.29) is 24.5 Å². The van der Waals surface area contributed by atoms with E-state index in [1.807, 2.05) is 20.8 Å². The summed E-state index contributed by atoms with van der Waals surface area (Å²) in [4.78, 5) is 24.5. The van der Waals surface area contributed by atoms with Gasteiger partial charge in [0.2, 0.25) is 0 Å². The van der Waals surface area contributed by atoms with Crippen LogP contribution in [0, 0.1) is 5.92 Å². The van der Waals surface area contributed by atoms with Crippen molar-refractivity contribution in [2.45, 2.75) is 58.4 Å². The largest absolute Gasteiger partial charge is 0.481 e. The van der Waals surface area contributed by atoms with Gasteiger partial charge >= 0.3 is 12.0 Å². The van der Waals surface area contributed by atoms with Gasteiger partial charge < -0.3 is 15.3 Å². The van der Waals surface area contributed by atoms with Crippen LogP contribution in [-0.2, 0) is 4.79 Å². The fourth-order valence-electron chi connectivity index (χ4n) is 2.49. The third-order valence-corrected chi connectivity index (χ3v) is 3.62. The van der Waals surface area contributed by atoms with E-state index in [9.17, 15) is 9.59 Å². The van der Waals surface area contributed by atoms with Crippen LogP contribution < -0.4 is 5.32 Å². The summed E-state index contributed by atoms with van der Waals surface area (Å²) in [5.74, 6) is -0.289. The average Bonchev–Trinajstić information content (AvgIpc) is 2.76. The minimum Gasteiger partial charge on any atom is -0.481 e. The summed E-state index contributed by atoms with van der Waals surface area (Å²) in [6, 6.07) is -0.152. The number of hydrogen-bond acceptors (Lipinski definition) is 2. The lowest BCUT2D eigenvalue weighted by atomic mass is 10.1. The van der Waals surface area contributed by atoms with Crippen LogP contribution in [0.3, 0.4) is 0 Å². The summed E-state index contributed by atoms with van der Waals surface area (Å²) in [7, 11) is 0. The lowest BCUT2D eigenvalue weighted by Crippen LogP contribution is -2.51. The SMILES string of the molecule is CC(C)(C)N(CCC(=O)O)C(=O)NCC1CCCC1. The van der Waals surface area contributed by atoms with Crippen molar-refractivity contribution in [1.82, 2.24) is 10.2 Å². The van der Waals surface area contributed by atoms with Crippen molar-refractivity contribution in [3.8, 4) is 0 Å². The lowest BCUT2D eigenvalue weighted by molar-refractivity contribution is -0.137. The van der Waals surface area contributed by atoms with Gasteiger partial charge in [0.1, 0.15) is 0 Å². The molecule has 0 radical (unpaired) electrons. The second-order valence-corrected chi connectivity index (χ2v) is 6.30. The number of rotatable bonds is 5. The molecule has 1 rings (SSSR count). The average molecular weight is 270 g/mol. The van der Waals surface area contributed by atoms with Gasteiger partial charge in [-0.3, -0.25) is 4.79 Å². The normalized spacial score (nSPS) is 16.4. The van der Waals surface area contributed by atoms with Crippen molar-refractivity contribution in [2.24, 2.45) is 5.92 Å². The second-order valence-electron chi connectivity index (χ2n) is 6.30. The molecule has 1 saturated carbocycles. The molecule has 0 aromatic rings. The molecule has 2 amide bonds. The Morgan fingerprint density at radius 3 is 2.32 bits per heavy atom. The van der Waals surface area contributed by atoms with E-state index in [0.717, 1.165) is 0 Å². The van der Waals surface area contributed by atoms with E-state index in [0.29, 0.717) is 12.5 Å². The van der Waals surface area contributed by atoms with Crippen molar-refractivity contribution in [3.63, 3.8) is 0 Å². The molecule has 5 nitrogen and oxygen atoms in total. The van der Waals surface area contributed by atoms with Crippen molar-refractivity contribution in [2.75, 3.05) is 13.1 Å². The van der Waals surface area contributed by atoms with Gasteiger partial charge in [-0.1, -0.05) is 12.8 Å². The first-order chi connectivity index (χ1) is 8.80. The van der Waals surface area contributed by atoms with Crippen molar-refractivity contribution >= 4 is 12.0 Å². The Balaban J connectivity index is 2.48. The number of carboxylic acid groups (broad SMARTS) is 1. The van der Waals surface area contributed by atoms with E-state index < -0.39 is 5.97 Å². The van der Waals surface area contributed by atoms with Crippen LogP contribution in [0.25, 0.3) is 0 Å². The number of urea groups is 1. The molecular formula is C14H26N2O3. The Bertz CT molecular complexity index is 317. The van der Waals surface area contributed by atoms with Crippen LogP contribution in [0.15, 0.2) is 0 Å². The molecule has 0 saturated heterocycles. The predicted molar refractivity (Wildman–Crippen MR) is 74.1 cm³/mol. The summed E-state index contributed by atoms with van der Waals surface area (Å²) in [5.41, 5.74) is -0.366. The molecular weight excluding hydrogens is 244 g/mol. The lowest BCUT2D eigenvalue weighted by Gasteiger charge is -2.35. The van der Waals surface area contributed by atoms with Crippen molar-refractivity contribution in [1.29, 1.82) is 0 Å². The van der Waals surface area contributed by atoms with E-state index >= 15 is 0 Å². The number of nitrogens with zero attached hydrogens (tertiary/aromatic N) is 1. The predicted octanol–water partition coefficient (Wildman–Crippen LogP) is 2.46. The summed E-state index contributed by atoms with van der Waals surface area (Å²) in [6.07, 6.45) is 4.86. The topological polar surface area (TPSA) is 69.6 Å². The molecule has 0 aromatic heterocycles. The zero-order chi connectivity index (χ0) is 14.5. The molecule has 0 aliphatic heterocycles. The Kier molecular flexibility index (Phi) is 5.63. The Morgan fingerprint density at radius 1 is 1.26 bits per heavy atom. The van der Waals surface area contributed by atoms with E-state index in [1.165, 1.54) is 25.7 Å². The van der Waals surface area contributed by atoms with E-state index in [1.54, 1.807) is 4.90 Å². The molecule has 1 fully saturated rings. The summed E-state index contributed by atoms with van der Waals surface area (Å²) in [5, 5.41) is 11.7. The first kappa shape index (κ1) is 15.8. The Morgan fingerprint density at radius 2 is 1.84 bits per heavy atom. The molecule has 2 N–H and O–H groups in total. The molecule has 0 heterocycles. The smallest absolute Gasteiger partial charge is 0.317 e. The molecule has 5 heteroatoms. The van der Waals surface area contributed by atoms with E-state index in [2.05, 4.69) is 5.32 Å². The summed E-state index contributed by atoms with van der Waals surface area (Å²) in [6.45, 7) is 6.71. The molecule has 1 aliphatic rings. The first-order valence-corrected chi connectivity index (χ1v) is 7.08. The van der Waals surface area contributed by atoms with Crippen LogP contribution >= 0.6 is 0 Å². The highest BCUT2D eigenvalue weighted by molar-refractivity contribution is 5.76. The molecule has 0 aromatic carbocycles. The first-order valence-electron chi connectivity index (χ1n) is 7.08. The number of hydrogen-bond donors (Lipinski definition) is 2. The second kappa shape index (κ2) is 6.78. The van der Waals surface area contributed by atoms with Crippen molar-refractivity contribution in [3.05, 3.63) is 0 Å². The Hall–Kier alpha value is -1.26. The van der Waals surface area contributed by atoms with Gasteiger partial charge in [0.15, 0.2) is 0 Å². The maximum Gasteiger partial charge on any atom is 0.317 e. The van der Waals surface area contributed by atoms with Gasteiger partial charge in [-0.25, -0.2) is 4.79 Å². The molecule has 0 bridgehead atoms. The van der Waals surface area contributed by atoms with Crippen LogP contribution in [0.5, 0.6) is 0 Å². The number of carboxylic acids is 1. The third-order valence-electron chi connectivity index (χ3n) is 3.62. The number of nitrogens with one attached hydrogen (secondary N) is 1. The van der Waals surface area contributed by atoms with Gasteiger partial charge in [-0.05, 0) is 39.5 Å². The molecule has 110 valence electrons. The zero-order valence-corrected chi connectivity index (χ0v) is 12.2. The fourth-order valence-corrected chi connectivity index (χ4v) is 2.49. The number of carbonyl (C=O) groups is 2. The highest BCUT2D eigenvalue weighted by Crippen LogP contribution is 2.24. The van der Waals surface area contributed by atoms with Gasteiger partial charge in [-0.15, -0.1) is 0 Å². The van der Waals surface area contributed by atoms with E-state index in [4.69, 9.17) is 5.11 Å². The monoisotopic (exact) mass is 270 g/mol. The van der Waals surface area contributed by atoms with Crippen molar-refractivity contribution < 1.29 is 14.7 Å². The highest BCUT2D eigenvalue weighted by Gasteiger charge is 2.27. The standard InChI is InChI=1S/C14H26N2O3/c1-14(2,3)16(9-8-12(17)18)13(19)15-10-11-6-4-5-7-11/h11H,4-10H2,1-3H3,(H,15,19)(H,17,18). The van der Waals surface area contributed by atoms with Gasteiger partial charge in [-0.2, -0.15) is 0 Å². The maximum absolute atomic E-state index is 12.2. The van der Waals surface area contributed by atoms with Gasteiger partial charge in [0.05, 0.1) is 6.42 Å². The van der Waals surface area contributed by atoms with Crippen LogP contribution in [0.2, 0.25) is 0 Å². The number of amides is 2. The summed E-state index contributed by atoms with van der Waals surface area (Å²) >= 11 is 0. The van der Waals surface area contributed by atoms with Crippen LogP contribution in [0.4, 0.5) is 4.79 Å². The number of aliphatic carboxylic acids is 1. The Labute approximate surface area is 115 Å². The van der Waals surface area contributed by atoms with Crippen LogP contribution in [-0.4, -0.2) is 40.6 Å². The highest BCUT2D eigenvalue weighted by atomic mass is 16.4. The van der Waals surface area contributed by atoms with Gasteiger partial charge in [0.25, 0.3) is 0 Å². The van der Waals surface area contributed by atoms with Crippen LogP contribution in [0.1, 0.15) is 52.9 Å². The molecule has 0 atom stereocenters. The maximum atomic E-state index is 12.2. The minimum absolute atomic E-state index is 0.0197. The molecule has 0 spiro atoms.